The van der Waals surface area contributed by atoms with Gasteiger partial charge in [-0.05, 0) is 25.0 Å². The molecule has 6 heteroatoms. The number of rotatable bonds is 5. The second-order valence-corrected chi connectivity index (χ2v) is 7.17. The molecule has 0 spiro atoms. The average Bonchev–Trinajstić information content (AvgIpc) is 2.85. The molecule has 2 rings (SSSR count). The van der Waals surface area contributed by atoms with Crippen molar-refractivity contribution < 1.29 is 14.7 Å². The Balaban J connectivity index is 1.85. The number of aliphatic hydroxyl groups is 1. The first-order valence-corrected chi connectivity index (χ1v) is 8.64. The minimum Gasteiger partial charge on any atom is -0.388 e. The van der Waals surface area contributed by atoms with Gasteiger partial charge in [0.15, 0.2) is 0 Å². The molecule has 0 aliphatic heterocycles. The van der Waals surface area contributed by atoms with Crippen LogP contribution >= 0.6 is 11.3 Å². The molecule has 0 atom stereocenters. The van der Waals surface area contributed by atoms with E-state index in [1.807, 2.05) is 6.07 Å². The molecular formula is C16H24N2O3S. The van der Waals surface area contributed by atoms with Gasteiger partial charge in [0, 0.05) is 18.3 Å². The van der Waals surface area contributed by atoms with Gasteiger partial charge in [0.25, 0.3) is 5.91 Å². The fraction of sp³-hybridized carbons (Fsp3) is 0.625. The minimum atomic E-state index is -0.761. The lowest BCUT2D eigenvalue weighted by atomic mass is 9.94. The summed E-state index contributed by atoms with van der Waals surface area (Å²) < 4.78 is 0. The Morgan fingerprint density at radius 2 is 1.86 bits per heavy atom. The van der Waals surface area contributed by atoms with Crippen molar-refractivity contribution in [2.75, 3.05) is 6.54 Å². The van der Waals surface area contributed by atoms with Gasteiger partial charge in [-0.25, -0.2) is 0 Å². The van der Waals surface area contributed by atoms with E-state index in [9.17, 15) is 14.7 Å². The highest BCUT2D eigenvalue weighted by Gasteiger charge is 2.28. The van der Waals surface area contributed by atoms with Gasteiger partial charge in [-0.1, -0.05) is 25.7 Å². The van der Waals surface area contributed by atoms with Crippen LogP contribution in [0, 0.1) is 0 Å². The molecule has 1 aromatic heterocycles. The summed E-state index contributed by atoms with van der Waals surface area (Å²) in [6.45, 7) is 2.22. The van der Waals surface area contributed by atoms with Gasteiger partial charge < -0.3 is 15.7 Å². The molecule has 3 N–H and O–H groups in total. The van der Waals surface area contributed by atoms with Crippen molar-refractivity contribution in [3.05, 3.63) is 21.9 Å². The van der Waals surface area contributed by atoms with Gasteiger partial charge in [-0.3, -0.25) is 9.59 Å². The maximum absolute atomic E-state index is 12.2. The molecule has 1 aliphatic carbocycles. The van der Waals surface area contributed by atoms with Crippen molar-refractivity contribution >= 4 is 23.2 Å². The van der Waals surface area contributed by atoms with E-state index in [1.54, 1.807) is 6.07 Å². The normalized spacial score (nSPS) is 17.5. The first-order valence-electron chi connectivity index (χ1n) is 7.82. The van der Waals surface area contributed by atoms with Crippen LogP contribution < -0.4 is 10.6 Å². The Labute approximate surface area is 135 Å². The molecule has 1 fully saturated rings. The van der Waals surface area contributed by atoms with Crippen LogP contribution in [0.25, 0.3) is 0 Å². The molecule has 0 radical (unpaired) electrons. The van der Waals surface area contributed by atoms with E-state index in [0.29, 0.717) is 18.0 Å². The maximum atomic E-state index is 12.2. The Morgan fingerprint density at radius 3 is 2.50 bits per heavy atom. The van der Waals surface area contributed by atoms with Crippen molar-refractivity contribution in [1.29, 1.82) is 0 Å². The molecule has 0 unspecified atom stereocenters. The first kappa shape index (κ1) is 17.0. The predicted molar refractivity (Wildman–Crippen MR) is 86.8 cm³/mol. The maximum Gasteiger partial charge on any atom is 0.261 e. The summed E-state index contributed by atoms with van der Waals surface area (Å²) in [7, 11) is 0. The van der Waals surface area contributed by atoms with E-state index in [0.717, 1.165) is 43.4 Å². The summed E-state index contributed by atoms with van der Waals surface area (Å²) in [5.74, 6) is -0.244. The van der Waals surface area contributed by atoms with Crippen LogP contribution in [0.4, 0.5) is 0 Å². The molecule has 1 aliphatic rings. The van der Waals surface area contributed by atoms with Crippen LogP contribution in [0.5, 0.6) is 0 Å². The van der Waals surface area contributed by atoms with Gasteiger partial charge in [-0.2, -0.15) is 0 Å². The number of carbonyl (C=O) groups excluding carboxylic acids is 2. The van der Waals surface area contributed by atoms with Crippen LogP contribution in [-0.2, 0) is 11.3 Å². The van der Waals surface area contributed by atoms with Gasteiger partial charge >= 0.3 is 0 Å². The summed E-state index contributed by atoms with van der Waals surface area (Å²) in [5.41, 5.74) is -0.761. The quantitative estimate of drug-likeness (QED) is 0.727. The van der Waals surface area contributed by atoms with Crippen molar-refractivity contribution in [1.82, 2.24) is 10.6 Å². The lowest BCUT2D eigenvalue weighted by Crippen LogP contribution is -2.42. The van der Waals surface area contributed by atoms with Gasteiger partial charge in [0.05, 0.1) is 17.0 Å². The SMILES string of the molecule is CC(=O)NCc1ccc(C(=O)NCC2(O)CCCCCC2)s1. The number of hydrogen-bond acceptors (Lipinski definition) is 4. The summed E-state index contributed by atoms with van der Waals surface area (Å²) in [6.07, 6.45) is 5.87. The Morgan fingerprint density at radius 1 is 1.18 bits per heavy atom. The summed E-state index contributed by atoms with van der Waals surface area (Å²) >= 11 is 1.36. The van der Waals surface area contributed by atoms with Crippen LogP contribution in [0.15, 0.2) is 12.1 Å². The molecule has 0 aromatic carbocycles. The Hall–Kier alpha value is -1.40. The second kappa shape index (κ2) is 7.74. The highest BCUT2D eigenvalue weighted by atomic mass is 32.1. The largest absolute Gasteiger partial charge is 0.388 e. The van der Waals surface area contributed by atoms with Crippen LogP contribution in [0.1, 0.15) is 60.0 Å². The number of thiophene rings is 1. The standard InChI is InChI=1S/C16H24N2O3S/c1-12(19)17-10-13-6-7-14(22-13)15(20)18-11-16(21)8-4-2-3-5-9-16/h6-7,21H,2-5,8-11H2,1H3,(H,17,19)(H,18,20). The molecule has 0 bridgehead atoms. The third kappa shape index (κ3) is 5.10. The molecule has 122 valence electrons. The summed E-state index contributed by atoms with van der Waals surface area (Å²) in [4.78, 5) is 24.6. The van der Waals surface area contributed by atoms with E-state index in [-0.39, 0.29) is 11.8 Å². The number of amides is 2. The first-order chi connectivity index (χ1) is 10.5. The fourth-order valence-electron chi connectivity index (χ4n) is 2.70. The molecule has 5 nitrogen and oxygen atoms in total. The van der Waals surface area contributed by atoms with Crippen LogP contribution in [-0.4, -0.2) is 29.1 Å². The van der Waals surface area contributed by atoms with Crippen molar-refractivity contribution in [3.8, 4) is 0 Å². The zero-order chi connectivity index (χ0) is 16.0. The third-order valence-electron chi connectivity index (χ3n) is 4.01. The van der Waals surface area contributed by atoms with Crippen LogP contribution in [0.3, 0.4) is 0 Å². The Kier molecular flexibility index (Phi) is 5.97. The fourth-order valence-corrected chi connectivity index (χ4v) is 3.57. The predicted octanol–water partition coefficient (Wildman–Crippen LogP) is 2.20. The van der Waals surface area contributed by atoms with Crippen molar-refractivity contribution in [3.63, 3.8) is 0 Å². The summed E-state index contributed by atoms with van der Waals surface area (Å²) in [6, 6.07) is 3.60. The smallest absolute Gasteiger partial charge is 0.261 e. The lowest BCUT2D eigenvalue weighted by Gasteiger charge is -2.26. The summed E-state index contributed by atoms with van der Waals surface area (Å²) in [5, 5.41) is 16.1. The highest BCUT2D eigenvalue weighted by Crippen LogP contribution is 2.26. The molecule has 1 aromatic rings. The third-order valence-corrected chi connectivity index (χ3v) is 5.09. The Bertz CT molecular complexity index is 519. The minimum absolute atomic E-state index is 0.0880. The van der Waals surface area contributed by atoms with Gasteiger partial charge in [0.1, 0.15) is 0 Å². The topological polar surface area (TPSA) is 78.4 Å². The van der Waals surface area contributed by atoms with Gasteiger partial charge in [0.2, 0.25) is 5.91 Å². The lowest BCUT2D eigenvalue weighted by molar-refractivity contribution is -0.119. The zero-order valence-corrected chi connectivity index (χ0v) is 13.8. The van der Waals surface area contributed by atoms with Crippen LogP contribution in [0.2, 0.25) is 0 Å². The van der Waals surface area contributed by atoms with Gasteiger partial charge in [-0.15, -0.1) is 11.3 Å². The monoisotopic (exact) mass is 324 g/mol. The molecular weight excluding hydrogens is 300 g/mol. The van der Waals surface area contributed by atoms with E-state index in [1.165, 1.54) is 18.3 Å². The zero-order valence-electron chi connectivity index (χ0n) is 13.0. The molecule has 1 heterocycles. The molecule has 22 heavy (non-hydrogen) atoms. The van der Waals surface area contributed by atoms with E-state index < -0.39 is 5.60 Å². The van der Waals surface area contributed by atoms with Crippen molar-refractivity contribution in [2.24, 2.45) is 0 Å². The number of carbonyl (C=O) groups is 2. The molecule has 2 amide bonds. The highest BCUT2D eigenvalue weighted by molar-refractivity contribution is 7.14. The average molecular weight is 324 g/mol. The second-order valence-electron chi connectivity index (χ2n) is 6.00. The van der Waals surface area contributed by atoms with E-state index in [2.05, 4.69) is 10.6 Å². The van der Waals surface area contributed by atoms with E-state index in [4.69, 9.17) is 0 Å². The number of nitrogens with one attached hydrogen (secondary N) is 2. The number of hydrogen-bond donors (Lipinski definition) is 3. The van der Waals surface area contributed by atoms with Crippen molar-refractivity contribution in [2.45, 2.75) is 57.6 Å². The van der Waals surface area contributed by atoms with E-state index >= 15 is 0 Å². The molecule has 0 saturated heterocycles. The molecule has 1 saturated carbocycles.